The van der Waals surface area contributed by atoms with Gasteiger partial charge < -0.3 is 5.73 Å². The number of nitrogens with two attached hydrogens (primary N) is 1. The first-order valence-electron chi connectivity index (χ1n) is 6.23. The van der Waals surface area contributed by atoms with Gasteiger partial charge >= 0.3 is 0 Å². The lowest BCUT2D eigenvalue weighted by atomic mass is 9.84. The predicted octanol–water partition coefficient (Wildman–Crippen LogP) is 3.03. The number of halogens is 1. The molecular formula is C14H21FN2. The number of hydrogen-bond donors (Lipinski definition) is 1. The van der Waals surface area contributed by atoms with Gasteiger partial charge in [0.25, 0.3) is 0 Å². The Morgan fingerprint density at radius 3 is 2.82 bits per heavy atom. The molecule has 0 saturated carbocycles. The molecule has 0 amide bonds. The maximum absolute atomic E-state index is 13.7. The Morgan fingerprint density at radius 1 is 1.41 bits per heavy atom. The van der Waals surface area contributed by atoms with Crippen LogP contribution < -0.4 is 5.73 Å². The molecule has 0 bridgehead atoms. The summed E-state index contributed by atoms with van der Waals surface area (Å²) in [6.07, 6.45) is 2.46. The number of rotatable bonds is 2. The molecule has 1 aromatic rings. The molecule has 1 aromatic carbocycles. The van der Waals surface area contributed by atoms with Crippen LogP contribution in [0, 0.1) is 11.2 Å². The summed E-state index contributed by atoms with van der Waals surface area (Å²) in [5, 5.41) is 0. The Bertz CT molecular complexity index is 401. The Kier molecular flexibility index (Phi) is 3.38. The van der Waals surface area contributed by atoms with Gasteiger partial charge in [-0.2, -0.15) is 0 Å². The lowest BCUT2D eigenvalue weighted by Crippen LogP contribution is -2.39. The van der Waals surface area contributed by atoms with E-state index in [-0.39, 0.29) is 5.82 Å². The van der Waals surface area contributed by atoms with Crippen molar-refractivity contribution >= 4 is 5.69 Å². The molecule has 1 aliphatic rings. The number of nitrogens with zero attached hydrogens (tertiary/aromatic N) is 1. The van der Waals surface area contributed by atoms with Crippen LogP contribution in [0.25, 0.3) is 0 Å². The van der Waals surface area contributed by atoms with Crippen LogP contribution in [0.4, 0.5) is 10.1 Å². The highest BCUT2D eigenvalue weighted by atomic mass is 19.1. The normalized spacial score (nSPS) is 20.4. The second-order valence-electron chi connectivity index (χ2n) is 5.83. The van der Waals surface area contributed by atoms with E-state index in [0.717, 1.165) is 18.7 Å². The molecular weight excluding hydrogens is 215 g/mol. The first kappa shape index (κ1) is 12.4. The summed E-state index contributed by atoms with van der Waals surface area (Å²) >= 11 is 0. The lowest BCUT2D eigenvalue weighted by molar-refractivity contribution is 0.110. The molecule has 0 atom stereocenters. The molecule has 1 heterocycles. The van der Waals surface area contributed by atoms with Gasteiger partial charge in [-0.1, -0.05) is 19.9 Å². The van der Waals surface area contributed by atoms with E-state index in [4.69, 9.17) is 5.73 Å². The van der Waals surface area contributed by atoms with Crippen LogP contribution in [0.2, 0.25) is 0 Å². The van der Waals surface area contributed by atoms with Gasteiger partial charge in [0.2, 0.25) is 0 Å². The second-order valence-corrected chi connectivity index (χ2v) is 5.83. The molecule has 1 saturated heterocycles. The Balaban J connectivity index is 2.05. The van der Waals surface area contributed by atoms with E-state index in [1.807, 2.05) is 0 Å². The largest absolute Gasteiger partial charge is 0.399 e. The summed E-state index contributed by atoms with van der Waals surface area (Å²) in [6.45, 7) is 7.34. The number of hydrogen-bond acceptors (Lipinski definition) is 2. The summed E-state index contributed by atoms with van der Waals surface area (Å²) in [5.74, 6) is -0.187. The highest BCUT2D eigenvalue weighted by Crippen LogP contribution is 2.29. The molecule has 17 heavy (non-hydrogen) atoms. The Morgan fingerprint density at radius 2 is 2.18 bits per heavy atom. The molecule has 2 rings (SSSR count). The van der Waals surface area contributed by atoms with Gasteiger partial charge in [0.1, 0.15) is 5.82 Å². The van der Waals surface area contributed by atoms with Crippen molar-refractivity contribution in [2.24, 2.45) is 5.41 Å². The van der Waals surface area contributed by atoms with Gasteiger partial charge in [0.05, 0.1) is 0 Å². The molecule has 3 heteroatoms. The number of likely N-dealkylation sites (tertiary alicyclic amines) is 1. The van der Waals surface area contributed by atoms with Gasteiger partial charge in [-0.3, -0.25) is 4.90 Å². The van der Waals surface area contributed by atoms with Gasteiger partial charge in [0, 0.05) is 24.3 Å². The fourth-order valence-electron chi connectivity index (χ4n) is 2.61. The van der Waals surface area contributed by atoms with Crippen molar-refractivity contribution in [1.82, 2.24) is 4.90 Å². The number of piperidine rings is 1. The highest BCUT2D eigenvalue weighted by molar-refractivity contribution is 5.40. The Labute approximate surface area is 103 Å². The van der Waals surface area contributed by atoms with Crippen LogP contribution in [0.1, 0.15) is 32.3 Å². The van der Waals surface area contributed by atoms with E-state index >= 15 is 0 Å². The van der Waals surface area contributed by atoms with Crippen molar-refractivity contribution in [3.8, 4) is 0 Å². The van der Waals surface area contributed by atoms with Crippen LogP contribution >= 0.6 is 0 Å². The predicted molar refractivity (Wildman–Crippen MR) is 69.1 cm³/mol. The molecule has 2 N–H and O–H groups in total. The van der Waals surface area contributed by atoms with Crippen molar-refractivity contribution in [2.75, 3.05) is 18.8 Å². The van der Waals surface area contributed by atoms with E-state index in [1.165, 1.54) is 18.9 Å². The molecule has 1 fully saturated rings. The highest BCUT2D eigenvalue weighted by Gasteiger charge is 2.26. The van der Waals surface area contributed by atoms with Gasteiger partial charge in [-0.15, -0.1) is 0 Å². The zero-order valence-corrected chi connectivity index (χ0v) is 10.7. The van der Waals surface area contributed by atoms with Gasteiger partial charge in [0.15, 0.2) is 0 Å². The molecule has 0 aliphatic carbocycles. The molecule has 94 valence electrons. The van der Waals surface area contributed by atoms with Crippen LogP contribution in [0.5, 0.6) is 0 Å². The number of anilines is 1. The number of benzene rings is 1. The van der Waals surface area contributed by atoms with Crippen LogP contribution in [-0.4, -0.2) is 18.0 Å². The summed E-state index contributed by atoms with van der Waals surface area (Å²) in [7, 11) is 0. The molecule has 0 spiro atoms. The monoisotopic (exact) mass is 236 g/mol. The Hall–Kier alpha value is -1.09. The van der Waals surface area contributed by atoms with Crippen molar-refractivity contribution in [1.29, 1.82) is 0 Å². The minimum Gasteiger partial charge on any atom is -0.399 e. The quantitative estimate of drug-likeness (QED) is 0.800. The minimum atomic E-state index is -0.187. The third-order valence-electron chi connectivity index (χ3n) is 3.45. The third-order valence-corrected chi connectivity index (χ3v) is 3.45. The van der Waals surface area contributed by atoms with E-state index in [1.54, 1.807) is 12.1 Å². The average molecular weight is 236 g/mol. The van der Waals surface area contributed by atoms with Crippen molar-refractivity contribution < 1.29 is 4.39 Å². The summed E-state index contributed by atoms with van der Waals surface area (Å²) in [5.41, 5.74) is 7.14. The maximum Gasteiger partial charge on any atom is 0.129 e. The minimum absolute atomic E-state index is 0.187. The van der Waals surface area contributed by atoms with Crippen LogP contribution in [-0.2, 0) is 6.54 Å². The third kappa shape index (κ3) is 3.19. The average Bonchev–Trinajstić information content (AvgIpc) is 2.21. The first-order valence-corrected chi connectivity index (χ1v) is 6.23. The first-order chi connectivity index (χ1) is 7.96. The van der Waals surface area contributed by atoms with Crippen molar-refractivity contribution in [3.63, 3.8) is 0 Å². The lowest BCUT2D eigenvalue weighted by Gasteiger charge is -2.38. The van der Waals surface area contributed by atoms with Crippen molar-refractivity contribution in [2.45, 2.75) is 33.2 Å². The maximum atomic E-state index is 13.7. The second kappa shape index (κ2) is 4.65. The molecule has 2 nitrogen and oxygen atoms in total. The summed E-state index contributed by atoms with van der Waals surface area (Å²) in [6, 6.07) is 4.98. The fourth-order valence-corrected chi connectivity index (χ4v) is 2.61. The summed E-state index contributed by atoms with van der Waals surface area (Å²) in [4.78, 5) is 2.33. The molecule has 0 aromatic heterocycles. The SMILES string of the molecule is CC1(C)CCCN(Cc2ccc(N)cc2F)C1. The van der Waals surface area contributed by atoms with E-state index in [2.05, 4.69) is 18.7 Å². The summed E-state index contributed by atoms with van der Waals surface area (Å²) < 4.78 is 13.7. The van der Waals surface area contributed by atoms with Crippen LogP contribution in [0.3, 0.4) is 0 Å². The van der Waals surface area contributed by atoms with Crippen molar-refractivity contribution in [3.05, 3.63) is 29.6 Å². The smallest absolute Gasteiger partial charge is 0.129 e. The fraction of sp³-hybridized carbons (Fsp3) is 0.571. The standard InChI is InChI=1S/C14H21FN2/c1-14(2)6-3-7-17(10-14)9-11-4-5-12(16)8-13(11)15/h4-5,8H,3,6-7,9-10,16H2,1-2H3. The van der Waals surface area contributed by atoms with E-state index in [9.17, 15) is 4.39 Å². The van der Waals surface area contributed by atoms with Gasteiger partial charge in [-0.25, -0.2) is 4.39 Å². The van der Waals surface area contributed by atoms with E-state index < -0.39 is 0 Å². The van der Waals surface area contributed by atoms with Gasteiger partial charge in [-0.05, 0) is 36.9 Å². The zero-order chi connectivity index (χ0) is 12.5. The number of nitrogen functional groups attached to an aromatic ring is 1. The topological polar surface area (TPSA) is 29.3 Å². The molecule has 1 aliphatic heterocycles. The van der Waals surface area contributed by atoms with E-state index in [0.29, 0.717) is 17.6 Å². The molecule has 0 radical (unpaired) electrons. The van der Waals surface area contributed by atoms with Crippen LogP contribution in [0.15, 0.2) is 18.2 Å². The molecule has 0 unspecified atom stereocenters. The zero-order valence-electron chi connectivity index (χ0n) is 10.7.